The second-order valence-corrected chi connectivity index (χ2v) is 6.90. The molecule has 5 heteroatoms. The van der Waals surface area contributed by atoms with E-state index in [1.165, 1.54) is 0 Å². The summed E-state index contributed by atoms with van der Waals surface area (Å²) in [5, 5.41) is 0.452. The Kier molecular flexibility index (Phi) is 5.49. The lowest BCUT2D eigenvalue weighted by Crippen LogP contribution is -2.16. The Morgan fingerprint density at radius 2 is 1.68 bits per heavy atom. The van der Waals surface area contributed by atoms with Crippen LogP contribution in [0.1, 0.15) is 27.0 Å². The molecular weight excluding hydrogens is 376 g/mol. The number of carbonyl (C=O) groups excluding carboxylic acids is 1. The molecule has 0 amide bonds. The SMILES string of the molecule is O=C(OCc1cc(Cl)c2c(c1)OCCO2)c1ccccc1Cc1ccccc1. The van der Waals surface area contributed by atoms with Crippen LogP contribution in [0.4, 0.5) is 0 Å². The highest BCUT2D eigenvalue weighted by molar-refractivity contribution is 6.32. The zero-order valence-corrected chi connectivity index (χ0v) is 15.9. The molecule has 1 heterocycles. The van der Waals surface area contributed by atoms with Gasteiger partial charge in [0.25, 0.3) is 0 Å². The Morgan fingerprint density at radius 3 is 2.54 bits per heavy atom. The summed E-state index contributed by atoms with van der Waals surface area (Å²) in [6.07, 6.45) is 0.669. The van der Waals surface area contributed by atoms with Crippen LogP contribution < -0.4 is 9.47 Å². The third kappa shape index (κ3) is 4.12. The van der Waals surface area contributed by atoms with Gasteiger partial charge in [0.05, 0.1) is 10.6 Å². The first kappa shape index (κ1) is 18.4. The minimum atomic E-state index is -0.363. The van der Waals surface area contributed by atoms with Crippen molar-refractivity contribution >= 4 is 17.6 Å². The van der Waals surface area contributed by atoms with E-state index in [0.29, 0.717) is 41.7 Å². The molecule has 4 rings (SSSR count). The summed E-state index contributed by atoms with van der Waals surface area (Å²) in [6, 6.07) is 21.1. The van der Waals surface area contributed by atoms with E-state index in [2.05, 4.69) is 0 Å². The van der Waals surface area contributed by atoms with Gasteiger partial charge in [-0.25, -0.2) is 4.79 Å². The van der Waals surface area contributed by atoms with Crippen LogP contribution in [0.15, 0.2) is 66.7 Å². The summed E-state index contributed by atoms with van der Waals surface area (Å²) in [7, 11) is 0. The highest BCUT2D eigenvalue weighted by atomic mass is 35.5. The van der Waals surface area contributed by atoms with Crippen molar-refractivity contribution in [2.45, 2.75) is 13.0 Å². The highest BCUT2D eigenvalue weighted by Crippen LogP contribution is 2.38. The molecule has 3 aromatic rings. The number of ether oxygens (including phenoxy) is 3. The second kappa shape index (κ2) is 8.36. The molecular formula is C23H19ClO4. The number of hydrogen-bond acceptors (Lipinski definition) is 4. The molecule has 1 aliphatic rings. The zero-order chi connectivity index (χ0) is 19.3. The minimum Gasteiger partial charge on any atom is -0.486 e. The molecule has 0 fully saturated rings. The van der Waals surface area contributed by atoms with Crippen molar-refractivity contribution in [2.75, 3.05) is 13.2 Å². The Balaban J connectivity index is 1.48. The van der Waals surface area contributed by atoms with E-state index < -0.39 is 0 Å². The van der Waals surface area contributed by atoms with Crippen molar-refractivity contribution in [1.29, 1.82) is 0 Å². The molecule has 4 nitrogen and oxygen atoms in total. The Bertz CT molecular complexity index is 985. The van der Waals surface area contributed by atoms with E-state index in [1.54, 1.807) is 18.2 Å². The molecule has 0 aliphatic carbocycles. The lowest BCUT2D eigenvalue weighted by Gasteiger charge is -2.20. The predicted molar refractivity (Wildman–Crippen MR) is 107 cm³/mol. The van der Waals surface area contributed by atoms with Gasteiger partial charge >= 0.3 is 5.97 Å². The van der Waals surface area contributed by atoms with E-state index in [0.717, 1.165) is 16.7 Å². The number of carbonyl (C=O) groups is 1. The summed E-state index contributed by atoms with van der Waals surface area (Å²) in [5.74, 6) is 0.753. The molecule has 28 heavy (non-hydrogen) atoms. The van der Waals surface area contributed by atoms with Gasteiger partial charge in [-0.1, -0.05) is 60.1 Å². The van der Waals surface area contributed by atoms with Crippen molar-refractivity contribution in [3.8, 4) is 11.5 Å². The molecule has 0 unspecified atom stereocenters. The summed E-state index contributed by atoms with van der Waals surface area (Å²) in [4.78, 5) is 12.7. The maximum Gasteiger partial charge on any atom is 0.338 e. The van der Waals surface area contributed by atoms with Gasteiger partial charge in [-0.15, -0.1) is 0 Å². The van der Waals surface area contributed by atoms with Crippen LogP contribution in [0.5, 0.6) is 11.5 Å². The normalized spacial score (nSPS) is 12.5. The van der Waals surface area contributed by atoms with E-state index in [4.69, 9.17) is 25.8 Å². The van der Waals surface area contributed by atoms with E-state index in [9.17, 15) is 4.79 Å². The molecule has 0 N–H and O–H groups in total. The van der Waals surface area contributed by atoms with Gasteiger partial charge in [0.1, 0.15) is 19.8 Å². The van der Waals surface area contributed by atoms with Gasteiger partial charge in [0.2, 0.25) is 0 Å². The first-order chi connectivity index (χ1) is 13.7. The fourth-order valence-electron chi connectivity index (χ4n) is 3.16. The van der Waals surface area contributed by atoms with Crippen molar-refractivity contribution in [1.82, 2.24) is 0 Å². The van der Waals surface area contributed by atoms with Gasteiger partial charge in [0, 0.05) is 0 Å². The van der Waals surface area contributed by atoms with Gasteiger partial charge in [0.15, 0.2) is 11.5 Å². The number of rotatable bonds is 5. The smallest absolute Gasteiger partial charge is 0.338 e. The summed E-state index contributed by atoms with van der Waals surface area (Å²) < 4.78 is 16.6. The van der Waals surface area contributed by atoms with Crippen molar-refractivity contribution < 1.29 is 19.0 Å². The third-order valence-corrected chi connectivity index (χ3v) is 4.78. The van der Waals surface area contributed by atoms with E-state index in [-0.39, 0.29) is 12.6 Å². The molecule has 142 valence electrons. The van der Waals surface area contributed by atoms with Gasteiger partial charge in [-0.2, -0.15) is 0 Å². The maximum atomic E-state index is 12.7. The summed E-state index contributed by atoms with van der Waals surface area (Å²) in [6.45, 7) is 1.05. The van der Waals surface area contributed by atoms with Gasteiger partial charge in [-0.05, 0) is 41.3 Å². The Labute approximate surface area is 168 Å². The van der Waals surface area contributed by atoms with Crippen molar-refractivity contribution in [2.24, 2.45) is 0 Å². The summed E-state index contributed by atoms with van der Waals surface area (Å²) >= 11 is 6.25. The van der Waals surface area contributed by atoms with Crippen LogP contribution in [-0.4, -0.2) is 19.2 Å². The largest absolute Gasteiger partial charge is 0.486 e. The molecule has 0 saturated carbocycles. The molecule has 0 radical (unpaired) electrons. The lowest BCUT2D eigenvalue weighted by molar-refractivity contribution is 0.0471. The zero-order valence-electron chi connectivity index (χ0n) is 15.2. The van der Waals surface area contributed by atoms with Crippen LogP contribution in [0.3, 0.4) is 0 Å². The Hall–Kier alpha value is -2.98. The average molecular weight is 395 g/mol. The van der Waals surface area contributed by atoms with Crippen LogP contribution in [0.2, 0.25) is 5.02 Å². The summed E-state index contributed by atoms with van der Waals surface area (Å²) in [5.41, 5.74) is 3.39. The quantitative estimate of drug-likeness (QED) is 0.567. The van der Waals surface area contributed by atoms with Crippen LogP contribution >= 0.6 is 11.6 Å². The first-order valence-electron chi connectivity index (χ1n) is 9.07. The van der Waals surface area contributed by atoms with Crippen molar-refractivity contribution in [3.05, 3.63) is 94.0 Å². The lowest BCUT2D eigenvalue weighted by atomic mass is 10.00. The average Bonchev–Trinajstić information content (AvgIpc) is 2.73. The fourth-order valence-corrected chi connectivity index (χ4v) is 3.45. The first-order valence-corrected chi connectivity index (χ1v) is 9.45. The number of halogens is 1. The molecule has 0 saturated heterocycles. The van der Waals surface area contributed by atoms with E-state index in [1.807, 2.05) is 48.5 Å². The Morgan fingerprint density at radius 1 is 0.929 bits per heavy atom. The molecule has 1 aliphatic heterocycles. The number of hydrogen-bond donors (Lipinski definition) is 0. The monoisotopic (exact) mass is 394 g/mol. The molecule has 0 atom stereocenters. The standard InChI is InChI=1S/C23H19ClO4/c24-20-13-17(14-21-22(20)27-11-10-26-21)15-28-23(25)19-9-5-4-8-18(19)12-16-6-2-1-3-7-16/h1-9,13-14H,10-12,15H2. The topological polar surface area (TPSA) is 44.8 Å². The second-order valence-electron chi connectivity index (χ2n) is 6.50. The molecule has 3 aromatic carbocycles. The number of benzene rings is 3. The van der Waals surface area contributed by atoms with Gasteiger partial charge in [-0.3, -0.25) is 0 Å². The third-order valence-electron chi connectivity index (χ3n) is 4.50. The molecule has 0 aromatic heterocycles. The van der Waals surface area contributed by atoms with Crippen molar-refractivity contribution in [3.63, 3.8) is 0 Å². The fraction of sp³-hybridized carbons (Fsp3) is 0.174. The van der Waals surface area contributed by atoms with Crippen LogP contribution in [-0.2, 0) is 17.8 Å². The number of fused-ring (bicyclic) bond motifs is 1. The minimum absolute atomic E-state index is 0.106. The predicted octanol–water partition coefficient (Wildman–Crippen LogP) is 5.06. The highest BCUT2D eigenvalue weighted by Gasteiger charge is 2.18. The molecule has 0 bridgehead atoms. The van der Waals surface area contributed by atoms with Crippen LogP contribution in [0, 0.1) is 0 Å². The van der Waals surface area contributed by atoms with Crippen LogP contribution in [0.25, 0.3) is 0 Å². The maximum absolute atomic E-state index is 12.7. The molecule has 0 spiro atoms. The van der Waals surface area contributed by atoms with E-state index >= 15 is 0 Å². The number of esters is 1. The van der Waals surface area contributed by atoms with Gasteiger partial charge < -0.3 is 14.2 Å².